The Labute approximate surface area is 164 Å². The molecule has 4 nitrogen and oxygen atoms in total. The Hall–Kier alpha value is -3.40. The minimum Gasteiger partial charge on any atom is -0.322 e. The molecular formula is C24H22N2O2. The van der Waals surface area contributed by atoms with E-state index in [4.69, 9.17) is 0 Å². The lowest BCUT2D eigenvalue weighted by molar-refractivity contribution is -0.117. The van der Waals surface area contributed by atoms with Crippen molar-refractivity contribution in [3.63, 3.8) is 0 Å². The Balaban J connectivity index is 1.51. The number of carbonyl (C=O) groups is 2. The summed E-state index contributed by atoms with van der Waals surface area (Å²) in [6.07, 6.45) is 1.46. The lowest BCUT2D eigenvalue weighted by atomic mass is 10.0. The molecule has 1 saturated heterocycles. The van der Waals surface area contributed by atoms with Crippen LogP contribution in [0, 0.1) is 6.92 Å². The normalized spacial score (nSPS) is 13.6. The third-order valence-electron chi connectivity index (χ3n) is 5.09. The standard InChI is InChI=1S/C24H22N2O2/c1-17-9-14-21(16-22(17)26-15-5-8-23(26)27)25-24(28)20-12-10-19(11-13-20)18-6-3-2-4-7-18/h2-4,6-7,9-14,16H,5,8,15H2,1H3,(H,25,28). The minimum atomic E-state index is -0.165. The summed E-state index contributed by atoms with van der Waals surface area (Å²) in [5.41, 5.74) is 5.38. The van der Waals surface area contributed by atoms with E-state index in [-0.39, 0.29) is 11.8 Å². The molecule has 4 rings (SSSR count). The molecule has 2 amide bonds. The molecular weight excluding hydrogens is 348 g/mol. The molecule has 0 aliphatic carbocycles. The van der Waals surface area contributed by atoms with Gasteiger partial charge in [-0.05, 0) is 54.3 Å². The Morgan fingerprint density at radius 3 is 2.32 bits per heavy atom. The first-order valence-electron chi connectivity index (χ1n) is 9.50. The van der Waals surface area contributed by atoms with E-state index in [1.54, 1.807) is 4.90 Å². The van der Waals surface area contributed by atoms with Gasteiger partial charge in [-0.3, -0.25) is 9.59 Å². The molecule has 1 fully saturated rings. The van der Waals surface area contributed by atoms with E-state index in [0.717, 1.165) is 35.3 Å². The van der Waals surface area contributed by atoms with E-state index in [2.05, 4.69) is 5.32 Å². The molecule has 140 valence electrons. The Morgan fingerprint density at radius 1 is 0.929 bits per heavy atom. The van der Waals surface area contributed by atoms with Crippen LogP contribution >= 0.6 is 0 Å². The molecule has 4 heteroatoms. The summed E-state index contributed by atoms with van der Waals surface area (Å²) in [6, 6.07) is 23.3. The monoisotopic (exact) mass is 370 g/mol. The minimum absolute atomic E-state index is 0.142. The third kappa shape index (κ3) is 3.67. The maximum atomic E-state index is 12.7. The van der Waals surface area contributed by atoms with E-state index < -0.39 is 0 Å². The van der Waals surface area contributed by atoms with Crippen LogP contribution in [0.2, 0.25) is 0 Å². The van der Waals surface area contributed by atoms with Gasteiger partial charge in [0.25, 0.3) is 5.91 Å². The second-order valence-corrected chi connectivity index (χ2v) is 7.05. The number of rotatable bonds is 4. The van der Waals surface area contributed by atoms with Gasteiger partial charge in [0.15, 0.2) is 0 Å². The average Bonchev–Trinajstić information content (AvgIpc) is 3.16. The summed E-state index contributed by atoms with van der Waals surface area (Å²) in [5, 5.41) is 2.95. The van der Waals surface area contributed by atoms with Crippen molar-refractivity contribution in [2.24, 2.45) is 0 Å². The predicted molar refractivity (Wildman–Crippen MR) is 113 cm³/mol. The van der Waals surface area contributed by atoms with Gasteiger partial charge in [0, 0.05) is 29.9 Å². The molecule has 0 spiro atoms. The zero-order valence-electron chi connectivity index (χ0n) is 15.8. The van der Waals surface area contributed by atoms with Gasteiger partial charge in [-0.2, -0.15) is 0 Å². The third-order valence-corrected chi connectivity index (χ3v) is 5.09. The van der Waals surface area contributed by atoms with Gasteiger partial charge in [0.1, 0.15) is 0 Å². The number of hydrogen-bond donors (Lipinski definition) is 1. The van der Waals surface area contributed by atoms with Crippen molar-refractivity contribution in [2.45, 2.75) is 19.8 Å². The predicted octanol–water partition coefficient (Wildman–Crippen LogP) is 5.04. The first-order valence-corrected chi connectivity index (χ1v) is 9.50. The summed E-state index contributed by atoms with van der Waals surface area (Å²) in [4.78, 5) is 26.5. The van der Waals surface area contributed by atoms with Crippen LogP contribution < -0.4 is 10.2 Å². The first kappa shape index (κ1) is 18.0. The van der Waals surface area contributed by atoms with Crippen molar-refractivity contribution < 1.29 is 9.59 Å². The summed E-state index contributed by atoms with van der Waals surface area (Å²) >= 11 is 0. The Kier molecular flexibility index (Phi) is 4.94. The smallest absolute Gasteiger partial charge is 0.255 e. The van der Waals surface area contributed by atoms with Crippen molar-refractivity contribution in [1.29, 1.82) is 0 Å². The van der Waals surface area contributed by atoms with Crippen LogP contribution in [0.25, 0.3) is 11.1 Å². The molecule has 1 aliphatic rings. The van der Waals surface area contributed by atoms with E-state index >= 15 is 0 Å². The van der Waals surface area contributed by atoms with Crippen LogP contribution in [-0.2, 0) is 4.79 Å². The van der Waals surface area contributed by atoms with Crippen molar-refractivity contribution >= 4 is 23.2 Å². The van der Waals surface area contributed by atoms with Gasteiger partial charge >= 0.3 is 0 Å². The fourth-order valence-corrected chi connectivity index (χ4v) is 3.53. The number of hydrogen-bond acceptors (Lipinski definition) is 2. The van der Waals surface area contributed by atoms with Crippen molar-refractivity contribution in [3.05, 3.63) is 83.9 Å². The largest absolute Gasteiger partial charge is 0.322 e. The van der Waals surface area contributed by atoms with Gasteiger partial charge in [-0.25, -0.2) is 0 Å². The van der Waals surface area contributed by atoms with Gasteiger partial charge < -0.3 is 10.2 Å². The molecule has 3 aromatic carbocycles. The zero-order valence-corrected chi connectivity index (χ0v) is 15.8. The summed E-state index contributed by atoms with van der Waals surface area (Å²) in [6.45, 7) is 2.72. The maximum Gasteiger partial charge on any atom is 0.255 e. The molecule has 0 aromatic heterocycles. The van der Waals surface area contributed by atoms with Crippen LogP contribution in [0.4, 0.5) is 11.4 Å². The maximum absolute atomic E-state index is 12.7. The van der Waals surface area contributed by atoms with E-state index in [1.807, 2.05) is 79.7 Å². The summed E-state index contributed by atoms with van der Waals surface area (Å²) in [5.74, 6) is -0.0229. The summed E-state index contributed by atoms with van der Waals surface area (Å²) < 4.78 is 0. The number of nitrogens with zero attached hydrogens (tertiary/aromatic N) is 1. The summed E-state index contributed by atoms with van der Waals surface area (Å²) in [7, 11) is 0. The van der Waals surface area contributed by atoms with Crippen molar-refractivity contribution in [1.82, 2.24) is 0 Å². The van der Waals surface area contributed by atoms with Gasteiger partial charge in [0.05, 0.1) is 0 Å². The fourth-order valence-electron chi connectivity index (χ4n) is 3.53. The number of benzene rings is 3. The van der Waals surface area contributed by atoms with Crippen molar-refractivity contribution in [2.75, 3.05) is 16.8 Å². The lowest BCUT2D eigenvalue weighted by Crippen LogP contribution is -2.24. The van der Waals surface area contributed by atoms with Crippen molar-refractivity contribution in [3.8, 4) is 11.1 Å². The molecule has 3 aromatic rings. The molecule has 1 aliphatic heterocycles. The van der Waals surface area contributed by atoms with Crippen LogP contribution in [-0.4, -0.2) is 18.4 Å². The number of nitrogens with one attached hydrogen (secondary N) is 1. The molecule has 0 atom stereocenters. The van der Waals surface area contributed by atoms with Crippen LogP contribution in [0.1, 0.15) is 28.8 Å². The quantitative estimate of drug-likeness (QED) is 0.699. The highest BCUT2D eigenvalue weighted by atomic mass is 16.2. The molecule has 28 heavy (non-hydrogen) atoms. The lowest BCUT2D eigenvalue weighted by Gasteiger charge is -2.19. The second kappa shape index (κ2) is 7.69. The molecule has 1 N–H and O–H groups in total. The number of amides is 2. The van der Waals surface area contributed by atoms with Gasteiger partial charge in [-0.1, -0.05) is 48.5 Å². The Bertz CT molecular complexity index is 1010. The molecule has 0 bridgehead atoms. The second-order valence-electron chi connectivity index (χ2n) is 7.05. The topological polar surface area (TPSA) is 49.4 Å². The number of anilines is 2. The number of aryl methyl sites for hydroxylation is 1. The Morgan fingerprint density at radius 2 is 1.64 bits per heavy atom. The highest BCUT2D eigenvalue weighted by Crippen LogP contribution is 2.28. The fraction of sp³-hybridized carbons (Fsp3) is 0.167. The van der Waals surface area contributed by atoms with E-state index in [0.29, 0.717) is 17.7 Å². The van der Waals surface area contributed by atoms with Gasteiger partial charge in [-0.15, -0.1) is 0 Å². The molecule has 0 radical (unpaired) electrons. The molecule has 1 heterocycles. The molecule has 0 unspecified atom stereocenters. The molecule has 0 saturated carbocycles. The zero-order chi connectivity index (χ0) is 19.5. The highest BCUT2D eigenvalue weighted by Gasteiger charge is 2.23. The first-order chi connectivity index (χ1) is 13.6. The SMILES string of the molecule is Cc1ccc(NC(=O)c2ccc(-c3ccccc3)cc2)cc1N1CCCC1=O. The van der Waals surface area contributed by atoms with Gasteiger partial charge in [0.2, 0.25) is 5.91 Å². The van der Waals surface area contributed by atoms with Crippen LogP contribution in [0.5, 0.6) is 0 Å². The van der Waals surface area contributed by atoms with E-state index in [1.165, 1.54) is 0 Å². The van der Waals surface area contributed by atoms with E-state index in [9.17, 15) is 9.59 Å². The van der Waals surface area contributed by atoms with Crippen LogP contribution in [0.15, 0.2) is 72.8 Å². The average molecular weight is 370 g/mol. The van der Waals surface area contributed by atoms with Crippen LogP contribution in [0.3, 0.4) is 0 Å². The number of carbonyl (C=O) groups excluding carboxylic acids is 2. The highest BCUT2D eigenvalue weighted by molar-refractivity contribution is 6.05.